The molecule has 0 unspecified atom stereocenters. The summed E-state index contributed by atoms with van der Waals surface area (Å²) in [6, 6.07) is 15.0. The molecule has 0 aliphatic heterocycles. The van der Waals surface area contributed by atoms with Crippen LogP contribution in [0, 0.1) is 10.1 Å². The van der Waals surface area contributed by atoms with Gasteiger partial charge in [-0.25, -0.2) is 0 Å². The molecule has 0 amide bonds. The standard InChI is InChI=1S/C16H15N5O2/c1-20-11-18-15(21(22)23)16(20)19-14(12-7-3-2-4-8-12)13-9-5-6-10-17-13/h2-11,14,19H,1H3/t14-/m1/s1. The van der Waals surface area contributed by atoms with E-state index in [-0.39, 0.29) is 11.9 Å². The first kappa shape index (κ1) is 14.7. The number of aryl methyl sites for hydroxylation is 1. The number of hydrogen-bond acceptors (Lipinski definition) is 5. The molecule has 1 N–H and O–H groups in total. The lowest BCUT2D eigenvalue weighted by Gasteiger charge is -2.19. The molecule has 0 bridgehead atoms. The van der Waals surface area contributed by atoms with Gasteiger partial charge in [-0.2, -0.15) is 0 Å². The van der Waals surface area contributed by atoms with Gasteiger partial charge >= 0.3 is 5.82 Å². The third-order valence-electron chi connectivity index (χ3n) is 3.49. The van der Waals surface area contributed by atoms with Gasteiger partial charge in [0.15, 0.2) is 0 Å². The van der Waals surface area contributed by atoms with Crippen LogP contribution in [0.15, 0.2) is 61.1 Å². The molecular formula is C16H15N5O2. The summed E-state index contributed by atoms with van der Waals surface area (Å²) in [5.41, 5.74) is 1.73. The van der Waals surface area contributed by atoms with Gasteiger partial charge in [-0.3, -0.25) is 9.55 Å². The van der Waals surface area contributed by atoms with Crippen LogP contribution in [0.25, 0.3) is 0 Å². The quantitative estimate of drug-likeness (QED) is 0.578. The molecule has 0 saturated heterocycles. The number of benzene rings is 1. The number of aromatic nitrogens is 3. The zero-order valence-electron chi connectivity index (χ0n) is 12.5. The molecular weight excluding hydrogens is 294 g/mol. The minimum absolute atomic E-state index is 0.204. The Morgan fingerprint density at radius 3 is 2.52 bits per heavy atom. The lowest BCUT2D eigenvalue weighted by atomic mass is 10.0. The SMILES string of the molecule is Cn1cnc([N+](=O)[O-])c1N[C@H](c1ccccc1)c1ccccn1. The summed E-state index contributed by atoms with van der Waals surface area (Å²) in [5, 5.41) is 14.4. The smallest absolute Gasteiger partial charge is 0.358 e. The molecule has 116 valence electrons. The molecule has 7 nitrogen and oxygen atoms in total. The lowest BCUT2D eigenvalue weighted by molar-refractivity contribution is -0.388. The van der Waals surface area contributed by atoms with E-state index in [9.17, 15) is 10.1 Å². The van der Waals surface area contributed by atoms with Gasteiger partial charge in [-0.1, -0.05) is 36.4 Å². The van der Waals surface area contributed by atoms with Gasteiger partial charge in [-0.05, 0) is 27.6 Å². The van der Waals surface area contributed by atoms with Gasteiger partial charge < -0.3 is 15.4 Å². The van der Waals surface area contributed by atoms with E-state index in [0.29, 0.717) is 5.82 Å². The molecule has 0 saturated carbocycles. The highest BCUT2D eigenvalue weighted by Crippen LogP contribution is 2.29. The summed E-state index contributed by atoms with van der Waals surface area (Å²) in [5.74, 6) is 0.138. The molecule has 0 spiro atoms. The van der Waals surface area contributed by atoms with Gasteiger partial charge in [-0.15, -0.1) is 0 Å². The Hall–Kier alpha value is -3.22. The van der Waals surface area contributed by atoms with Crippen LogP contribution in [0.3, 0.4) is 0 Å². The Bertz CT molecular complexity index is 762. The van der Waals surface area contributed by atoms with Crippen LogP contribution >= 0.6 is 0 Å². The zero-order valence-corrected chi connectivity index (χ0v) is 12.5. The molecule has 1 aromatic carbocycles. The first-order chi connectivity index (χ1) is 11.2. The number of pyridine rings is 1. The molecule has 0 aliphatic rings. The Morgan fingerprint density at radius 2 is 1.87 bits per heavy atom. The topological polar surface area (TPSA) is 85.9 Å². The van der Waals surface area contributed by atoms with Crippen LogP contribution in [0.4, 0.5) is 11.6 Å². The zero-order chi connectivity index (χ0) is 16.2. The monoisotopic (exact) mass is 309 g/mol. The maximum atomic E-state index is 11.2. The van der Waals surface area contributed by atoms with Crippen LogP contribution in [-0.4, -0.2) is 19.5 Å². The third kappa shape index (κ3) is 3.03. The second-order valence-electron chi connectivity index (χ2n) is 5.03. The predicted molar refractivity (Wildman–Crippen MR) is 86.0 cm³/mol. The van der Waals surface area contributed by atoms with E-state index in [1.165, 1.54) is 6.33 Å². The van der Waals surface area contributed by atoms with Gasteiger partial charge in [0.1, 0.15) is 0 Å². The molecule has 23 heavy (non-hydrogen) atoms. The number of hydrogen-bond donors (Lipinski definition) is 1. The van der Waals surface area contributed by atoms with Crippen LogP contribution in [0.5, 0.6) is 0 Å². The number of anilines is 1. The van der Waals surface area contributed by atoms with Crippen LogP contribution < -0.4 is 5.32 Å². The van der Waals surface area contributed by atoms with E-state index in [4.69, 9.17) is 0 Å². The second kappa shape index (κ2) is 6.27. The second-order valence-corrected chi connectivity index (χ2v) is 5.03. The van der Waals surface area contributed by atoms with Crippen LogP contribution in [0.1, 0.15) is 17.3 Å². The number of rotatable bonds is 5. The minimum atomic E-state index is -0.497. The molecule has 0 fully saturated rings. The average molecular weight is 309 g/mol. The maximum absolute atomic E-state index is 11.2. The van der Waals surface area contributed by atoms with Crippen molar-refractivity contribution in [3.8, 4) is 0 Å². The predicted octanol–water partition coefficient (Wildman–Crippen LogP) is 2.92. The van der Waals surface area contributed by atoms with Crippen molar-refractivity contribution < 1.29 is 4.92 Å². The number of nitrogens with zero attached hydrogens (tertiary/aromatic N) is 4. The highest BCUT2D eigenvalue weighted by Gasteiger charge is 2.24. The Kier molecular flexibility index (Phi) is 4.01. The van der Waals surface area contributed by atoms with Crippen molar-refractivity contribution >= 4 is 11.6 Å². The largest absolute Gasteiger partial charge is 0.406 e. The fourth-order valence-corrected chi connectivity index (χ4v) is 2.37. The van der Waals surface area contributed by atoms with Crippen molar-refractivity contribution in [2.45, 2.75) is 6.04 Å². The molecule has 2 heterocycles. The first-order valence-corrected chi connectivity index (χ1v) is 7.05. The van der Waals surface area contributed by atoms with E-state index in [1.54, 1.807) is 17.8 Å². The van der Waals surface area contributed by atoms with Gasteiger partial charge in [0.25, 0.3) is 0 Å². The Labute approximate surface area is 132 Å². The fourth-order valence-electron chi connectivity index (χ4n) is 2.37. The molecule has 3 rings (SSSR count). The Balaban J connectivity index is 2.04. The molecule has 1 atom stereocenters. The van der Waals surface area contributed by atoms with Gasteiger partial charge in [0.2, 0.25) is 12.1 Å². The fraction of sp³-hybridized carbons (Fsp3) is 0.125. The van der Waals surface area contributed by atoms with Crippen molar-refractivity contribution in [3.05, 3.63) is 82.4 Å². The summed E-state index contributed by atoms with van der Waals surface area (Å²) in [6.45, 7) is 0. The minimum Gasteiger partial charge on any atom is -0.358 e. The highest BCUT2D eigenvalue weighted by molar-refractivity contribution is 5.55. The maximum Gasteiger partial charge on any atom is 0.406 e. The summed E-state index contributed by atoms with van der Waals surface area (Å²) in [4.78, 5) is 18.9. The number of imidazole rings is 1. The van der Waals surface area contributed by atoms with E-state index in [1.807, 2.05) is 48.5 Å². The summed E-state index contributed by atoms with van der Waals surface area (Å²) in [7, 11) is 1.71. The highest BCUT2D eigenvalue weighted by atomic mass is 16.6. The molecule has 0 radical (unpaired) electrons. The molecule has 0 aliphatic carbocycles. The van der Waals surface area contributed by atoms with E-state index in [2.05, 4.69) is 15.3 Å². The third-order valence-corrected chi connectivity index (χ3v) is 3.49. The van der Waals surface area contributed by atoms with Crippen LogP contribution in [0.2, 0.25) is 0 Å². The number of nitrogens with one attached hydrogen (secondary N) is 1. The average Bonchev–Trinajstić information content (AvgIpc) is 2.95. The first-order valence-electron chi connectivity index (χ1n) is 7.05. The van der Waals surface area contributed by atoms with E-state index in [0.717, 1.165) is 11.3 Å². The van der Waals surface area contributed by atoms with Crippen molar-refractivity contribution in [2.24, 2.45) is 7.05 Å². The van der Waals surface area contributed by atoms with Crippen molar-refractivity contribution in [1.82, 2.24) is 14.5 Å². The lowest BCUT2D eigenvalue weighted by Crippen LogP contribution is -2.16. The molecule has 7 heteroatoms. The van der Waals surface area contributed by atoms with Crippen molar-refractivity contribution in [1.29, 1.82) is 0 Å². The van der Waals surface area contributed by atoms with Crippen molar-refractivity contribution in [3.63, 3.8) is 0 Å². The number of nitro groups is 1. The normalized spacial score (nSPS) is 11.9. The Morgan fingerprint density at radius 1 is 1.13 bits per heavy atom. The summed E-state index contributed by atoms with van der Waals surface area (Å²) in [6.07, 6.45) is 3.12. The molecule has 3 aromatic rings. The van der Waals surface area contributed by atoms with E-state index >= 15 is 0 Å². The van der Waals surface area contributed by atoms with Crippen molar-refractivity contribution in [2.75, 3.05) is 5.32 Å². The summed E-state index contributed by atoms with van der Waals surface area (Å²) >= 11 is 0. The van der Waals surface area contributed by atoms with E-state index < -0.39 is 4.92 Å². The van der Waals surface area contributed by atoms with Gasteiger partial charge in [0.05, 0.1) is 11.7 Å². The summed E-state index contributed by atoms with van der Waals surface area (Å²) < 4.78 is 1.59. The molecule has 2 aromatic heterocycles. The van der Waals surface area contributed by atoms with Crippen LogP contribution in [-0.2, 0) is 7.05 Å². The van der Waals surface area contributed by atoms with Gasteiger partial charge in [0, 0.05) is 13.2 Å².